The summed E-state index contributed by atoms with van der Waals surface area (Å²) in [4.78, 5) is 0. The van der Waals surface area contributed by atoms with Crippen molar-refractivity contribution in [3.63, 3.8) is 0 Å². The number of fused-ring (bicyclic) bond motifs is 1. The van der Waals surface area contributed by atoms with Crippen molar-refractivity contribution in [1.29, 1.82) is 0 Å². The Morgan fingerprint density at radius 2 is 0.714 bits per heavy atom. The summed E-state index contributed by atoms with van der Waals surface area (Å²) in [6.45, 7) is 0. The van der Waals surface area contributed by atoms with Crippen LogP contribution in [0.4, 0.5) is 0 Å². The van der Waals surface area contributed by atoms with Crippen LogP contribution < -0.4 is 5.30 Å². The average Bonchev–Trinajstić information content (AvgIpc) is 3.08. The molecule has 0 aliphatic rings. The van der Waals surface area contributed by atoms with Crippen LogP contribution in [0.1, 0.15) is 0 Å². The molecule has 0 radical (unpaired) electrons. The smallest absolute Gasteiger partial charge is 0.192 e. The third kappa shape index (κ3) is 4.55. The zero-order valence-corrected chi connectivity index (χ0v) is 23.8. The summed E-state index contributed by atoms with van der Waals surface area (Å²) in [6.07, 6.45) is 0. The van der Waals surface area contributed by atoms with Gasteiger partial charge in [0.2, 0.25) is 0 Å². The molecule has 1 nitrogen and oxygen atoms in total. The molecule has 42 heavy (non-hydrogen) atoms. The molecule has 0 saturated heterocycles. The second-order valence-electron chi connectivity index (χ2n) is 10.3. The quantitative estimate of drug-likeness (QED) is 0.187. The molecule has 7 rings (SSSR count). The topological polar surface area (TPSA) is 17.1 Å². The van der Waals surface area contributed by atoms with Crippen molar-refractivity contribution in [3.8, 4) is 55.6 Å². The first-order valence-electron chi connectivity index (χ1n) is 14.1. The molecule has 0 unspecified atom stereocenters. The van der Waals surface area contributed by atoms with Gasteiger partial charge in [0.25, 0.3) is 0 Å². The van der Waals surface area contributed by atoms with Gasteiger partial charge in [-0.15, -0.1) is 0 Å². The number of hydrogen-bond acceptors (Lipinski definition) is 1. The summed E-state index contributed by atoms with van der Waals surface area (Å²) >= 11 is 0. The monoisotopic (exact) mass is 554 g/mol. The van der Waals surface area contributed by atoms with Crippen LogP contribution in [0.3, 0.4) is 0 Å². The van der Waals surface area contributed by atoms with E-state index in [1.165, 1.54) is 5.56 Å². The van der Waals surface area contributed by atoms with Crippen molar-refractivity contribution in [3.05, 3.63) is 164 Å². The highest BCUT2D eigenvalue weighted by Gasteiger charge is 2.26. The maximum Gasteiger partial charge on any atom is 0.192 e. The Balaban J connectivity index is 1.77. The van der Waals surface area contributed by atoms with Gasteiger partial charge in [-0.1, -0.05) is 158 Å². The molecule has 198 valence electrons. The third-order valence-corrected chi connectivity index (χ3v) is 8.45. The Kier molecular flexibility index (Phi) is 7.02. The van der Waals surface area contributed by atoms with E-state index in [2.05, 4.69) is 146 Å². The minimum atomic E-state index is -0.0160. The van der Waals surface area contributed by atoms with E-state index in [0.29, 0.717) is 0 Å². The van der Waals surface area contributed by atoms with E-state index in [1.807, 2.05) is 18.2 Å². The Bertz CT molecular complexity index is 2020. The van der Waals surface area contributed by atoms with E-state index in [4.69, 9.17) is 0 Å². The van der Waals surface area contributed by atoms with E-state index >= 15 is 0 Å². The second kappa shape index (κ2) is 11.4. The molecule has 0 aromatic heterocycles. The molecule has 0 bridgehead atoms. The highest BCUT2D eigenvalue weighted by atomic mass is 31.1. The largest absolute Gasteiger partial charge is 0.269 e. The fraction of sp³-hybridized carbons (Fsp3) is 0. The summed E-state index contributed by atoms with van der Waals surface area (Å²) in [6, 6.07) is 57.2. The predicted molar refractivity (Wildman–Crippen MR) is 178 cm³/mol. The van der Waals surface area contributed by atoms with Crippen molar-refractivity contribution < 1.29 is 4.57 Å². The molecule has 0 atom stereocenters. The van der Waals surface area contributed by atoms with Crippen molar-refractivity contribution in [1.82, 2.24) is 0 Å². The van der Waals surface area contributed by atoms with Crippen LogP contribution in [-0.4, -0.2) is 0 Å². The first kappa shape index (κ1) is 25.8. The van der Waals surface area contributed by atoms with E-state index < -0.39 is 0 Å². The first-order valence-corrected chi connectivity index (χ1v) is 14.9. The fourth-order valence-corrected chi connectivity index (χ4v) is 6.60. The Labute approximate surface area is 248 Å². The van der Waals surface area contributed by atoms with Crippen LogP contribution in [-0.2, 0) is 4.57 Å². The molecule has 0 heterocycles. The van der Waals surface area contributed by atoms with Crippen LogP contribution in [0.5, 0.6) is 0 Å². The highest BCUT2D eigenvalue weighted by molar-refractivity contribution is 7.34. The molecule has 7 aromatic rings. The molecular weight excluding hydrogens is 527 g/mol. The fourth-order valence-electron chi connectivity index (χ4n) is 6.13. The Hall–Kier alpha value is -5.10. The van der Waals surface area contributed by atoms with Crippen LogP contribution in [0.25, 0.3) is 66.4 Å². The van der Waals surface area contributed by atoms with E-state index in [9.17, 15) is 4.57 Å². The summed E-state index contributed by atoms with van der Waals surface area (Å²) < 4.78 is 12.9. The lowest BCUT2D eigenvalue weighted by Crippen LogP contribution is -2.05. The van der Waals surface area contributed by atoms with E-state index in [-0.39, 0.29) is 8.46 Å². The zero-order valence-electron chi connectivity index (χ0n) is 22.9. The lowest BCUT2D eigenvalue weighted by atomic mass is 9.78. The lowest BCUT2D eigenvalue weighted by Gasteiger charge is -2.26. The molecule has 0 amide bonds. The van der Waals surface area contributed by atoms with Gasteiger partial charge in [-0.25, -0.2) is 0 Å². The zero-order chi connectivity index (χ0) is 28.3. The van der Waals surface area contributed by atoms with E-state index in [1.54, 1.807) is 0 Å². The molecule has 0 N–H and O–H groups in total. The summed E-state index contributed by atoms with van der Waals surface area (Å²) in [7, 11) is -0.0160. The molecule has 0 aliphatic carbocycles. The van der Waals surface area contributed by atoms with Crippen LogP contribution in [0.2, 0.25) is 0 Å². The van der Waals surface area contributed by atoms with Crippen molar-refractivity contribution in [2.24, 2.45) is 0 Å². The Morgan fingerprint density at radius 3 is 1.21 bits per heavy atom. The summed E-state index contributed by atoms with van der Waals surface area (Å²) in [5.74, 6) is 0. The highest BCUT2D eigenvalue weighted by Crippen LogP contribution is 2.52. The van der Waals surface area contributed by atoms with Crippen molar-refractivity contribution in [2.45, 2.75) is 0 Å². The van der Waals surface area contributed by atoms with Gasteiger partial charge in [-0.3, -0.25) is 4.57 Å². The number of benzene rings is 7. The van der Waals surface area contributed by atoms with Crippen molar-refractivity contribution >= 4 is 24.5 Å². The van der Waals surface area contributed by atoms with Crippen LogP contribution in [0, 0.1) is 0 Å². The predicted octanol–water partition coefficient (Wildman–Crippen LogP) is 11.1. The molecular formula is C40H27OP. The van der Waals surface area contributed by atoms with Gasteiger partial charge in [0, 0.05) is 5.56 Å². The second-order valence-corrected chi connectivity index (χ2v) is 11.0. The maximum atomic E-state index is 12.9. The van der Waals surface area contributed by atoms with Gasteiger partial charge in [0.05, 0.1) is 5.30 Å². The third-order valence-electron chi connectivity index (χ3n) is 7.88. The molecule has 0 saturated carbocycles. The molecule has 7 aromatic carbocycles. The van der Waals surface area contributed by atoms with Gasteiger partial charge >= 0.3 is 0 Å². The van der Waals surface area contributed by atoms with E-state index in [0.717, 1.165) is 66.1 Å². The standard InChI is InChI=1S/C40H27OP/c41-42-35-27-15-26-32(28-16-5-1-6-17-28)39(35)40-34-25-14-13-24-33(34)36(29-18-7-2-8-19-29)37(30-20-9-3-10-21-30)38(40)31-22-11-4-12-23-31/h1-27H. The minimum absolute atomic E-state index is 0.0160. The van der Waals surface area contributed by atoms with Gasteiger partial charge < -0.3 is 0 Å². The Morgan fingerprint density at radius 1 is 0.310 bits per heavy atom. The number of rotatable bonds is 6. The lowest BCUT2D eigenvalue weighted by molar-refractivity contribution is 0.603. The van der Waals surface area contributed by atoms with Gasteiger partial charge in [0.1, 0.15) is 0 Å². The summed E-state index contributed by atoms with van der Waals surface area (Å²) in [5.41, 5.74) is 11.1. The van der Waals surface area contributed by atoms with Crippen LogP contribution in [0.15, 0.2) is 164 Å². The van der Waals surface area contributed by atoms with Gasteiger partial charge in [0.15, 0.2) is 8.46 Å². The molecule has 0 aliphatic heterocycles. The van der Waals surface area contributed by atoms with Crippen LogP contribution >= 0.6 is 8.46 Å². The SMILES string of the molecule is O=Pc1cccc(-c2ccccc2)c1-c1c(-c2ccccc2)c(-c2ccccc2)c(-c2ccccc2)c2ccccc12. The first-order chi connectivity index (χ1) is 20.8. The number of hydrogen-bond donors (Lipinski definition) is 0. The van der Waals surface area contributed by atoms with Crippen molar-refractivity contribution in [2.75, 3.05) is 0 Å². The molecule has 2 heteroatoms. The average molecular weight is 555 g/mol. The molecule has 0 fully saturated rings. The van der Waals surface area contributed by atoms with Gasteiger partial charge in [-0.2, -0.15) is 0 Å². The minimum Gasteiger partial charge on any atom is -0.269 e. The molecule has 0 spiro atoms. The maximum absolute atomic E-state index is 12.9. The van der Waals surface area contributed by atoms with Gasteiger partial charge in [-0.05, 0) is 66.9 Å². The summed E-state index contributed by atoms with van der Waals surface area (Å²) in [5, 5.41) is 3.06. The normalized spacial score (nSPS) is 11.1.